The Bertz CT molecular complexity index is 379. The number of hydrogen-bond acceptors (Lipinski definition) is 3. The topological polar surface area (TPSA) is 58.6 Å². The van der Waals surface area contributed by atoms with E-state index in [0.29, 0.717) is 6.61 Å². The fourth-order valence-corrected chi connectivity index (χ4v) is 1.87. The molecule has 0 heterocycles. The van der Waals surface area contributed by atoms with Gasteiger partial charge in [-0.1, -0.05) is 31.2 Å². The second kappa shape index (κ2) is 7.84. The monoisotopic (exact) mass is 251 g/mol. The van der Waals surface area contributed by atoms with Crippen LogP contribution >= 0.6 is 0 Å². The van der Waals surface area contributed by atoms with E-state index in [1.807, 2.05) is 24.3 Å². The third kappa shape index (κ3) is 4.85. The van der Waals surface area contributed by atoms with Gasteiger partial charge in [-0.3, -0.25) is 4.79 Å². The van der Waals surface area contributed by atoms with Gasteiger partial charge >= 0.3 is 5.97 Å². The Kier molecular flexibility index (Phi) is 6.39. The van der Waals surface area contributed by atoms with Crippen LogP contribution in [0.3, 0.4) is 0 Å². The molecule has 1 rings (SSSR count). The number of aliphatic carboxylic acids is 1. The summed E-state index contributed by atoms with van der Waals surface area (Å²) in [6.45, 7) is 3.42. The summed E-state index contributed by atoms with van der Waals surface area (Å²) >= 11 is 0. The van der Waals surface area contributed by atoms with Crippen molar-refractivity contribution in [2.75, 3.05) is 13.7 Å². The van der Waals surface area contributed by atoms with Gasteiger partial charge in [0, 0.05) is 13.2 Å². The first-order chi connectivity index (χ1) is 8.67. The molecule has 4 nitrogen and oxygen atoms in total. The quantitative estimate of drug-likeness (QED) is 0.744. The van der Waals surface area contributed by atoms with Crippen LogP contribution in [-0.2, 0) is 16.1 Å². The smallest absolute Gasteiger partial charge is 0.305 e. The van der Waals surface area contributed by atoms with Crippen molar-refractivity contribution in [3.63, 3.8) is 0 Å². The lowest BCUT2D eigenvalue weighted by molar-refractivity contribution is -0.137. The van der Waals surface area contributed by atoms with Crippen LogP contribution in [0.25, 0.3) is 0 Å². The van der Waals surface area contributed by atoms with Gasteiger partial charge in [0.05, 0.1) is 13.0 Å². The molecule has 0 bridgehead atoms. The molecule has 1 aromatic carbocycles. The Morgan fingerprint density at radius 3 is 2.89 bits per heavy atom. The first kappa shape index (κ1) is 14.7. The van der Waals surface area contributed by atoms with Crippen molar-refractivity contribution < 1.29 is 14.6 Å². The summed E-state index contributed by atoms with van der Waals surface area (Å²) in [6.07, 6.45) is 1.07. The summed E-state index contributed by atoms with van der Waals surface area (Å²) in [5, 5.41) is 12.2. The van der Waals surface area contributed by atoms with E-state index >= 15 is 0 Å². The number of rotatable bonds is 8. The van der Waals surface area contributed by atoms with E-state index in [4.69, 9.17) is 9.84 Å². The van der Waals surface area contributed by atoms with E-state index in [1.54, 1.807) is 7.11 Å². The number of carboxylic acids is 1. The number of ether oxygens (including phenoxy) is 1. The van der Waals surface area contributed by atoms with Gasteiger partial charge in [0.1, 0.15) is 0 Å². The molecule has 0 aromatic heterocycles. The lowest BCUT2D eigenvalue weighted by Crippen LogP contribution is -2.24. The average Bonchev–Trinajstić information content (AvgIpc) is 2.35. The molecular formula is C14H21NO3. The van der Waals surface area contributed by atoms with Gasteiger partial charge in [0.25, 0.3) is 0 Å². The van der Waals surface area contributed by atoms with Crippen molar-refractivity contribution in [2.24, 2.45) is 0 Å². The predicted molar refractivity (Wildman–Crippen MR) is 70.4 cm³/mol. The van der Waals surface area contributed by atoms with E-state index in [-0.39, 0.29) is 12.5 Å². The third-order valence-electron chi connectivity index (χ3n) is 2.68. The molecule has 0 saturated carbocycles. The van der Waals surface area contributed by atoms with Crippen LogP contribution in [0.2, 0.25) is 0 Å². The minimum atomic E-state index is -0.791. The van der Waals surface area contributed by atoms with Crippen LogP contribution in [0, 0.1) is 0 Å². The molecule has 0 saturated heterocycles. The average molecular weight is 251 g/mol. The molecule has 0 aliphatic rings. The fraction of sp³-hybridized carbons (Fsp3) is 0.500. The van der Waals surface area contributed by atoms with E-state index in [0.717, 1.165) is 24.1 Å². The minimum absolute atomic E-state index is 0.0937. The van der Waals surface area contributed by atoms with E-state index in [2.05, 4.69) is 12.2 Å². The normalized spacial score (nSPS) is 12.3. The van der Waals surface area contributed by atoms with Crippen LogP contribution in [0.4, 0.5) is 0 Å². The SMILES string of the molecule is CCCNC(CC(=O)O)c1cccc(COC)c1. The Morgan fingerprint density at radius 1 is 1.50 bits per heavy atom. The number of carbonyl (C=O) groups is 1. The van der Waals surface area contributed by atoms with Gasteiger partial charge in [-0.25, -0.2) is 0 Å². The number of carboxylic acid groups (broad SMARTS) is 1. The van der Waals surface area contributed by atoms with Gasteiger partial charge in [-0.15, -0.1) is 0 Å². The Balaban J connectivity index is 2.81. The third-order valence-corrected chi connectivity index (χ3v) is 2.68. The van der Waals surface area contributed by atoms with Gasteiger partial charge in [0.15, 0.2) is 0 Å². The number of nitrogens with one attached hydrogen (secondary N) is 1. The van der Waals surface area contributed by atoms with Crippen LogP contribution < -0.4 is 5.32 Å². The fourth-order valence-electron chi connectivity index (χ4n) is 1.87. The van der Waals surface area contributed by atoms with Crippen molar-refractivity contribution in [3.8, 4) is 0 Å². The molecule has 4 heteroatoms. The van der Waals surface area contributed by atoms with E-state index in [1.165, 1.54) is 0 Å². The first-order valence-corrected chi connectivity index (χ1v) is 6.20. The Labute approximate surface area is 108 Å². The molecule has 0 aliphatic heterocycles. The molecule has 100 valence electrons. The maximum absolute atomic E-state index is 10.9. The highest BCUT2D eigenvalue weighted by molar-refractivity contribution is 5.68. The van der Waals surface area contributed by atoms with Crippen LogP contribution in [0.15, 0.2) is 24.3 Å². The summed E-state index contributed by atoms with van der Waals surface area (Å²) in [5.74, 6) is -0.791. The molecule has 0 fully saturated rings. The Morgan fingerprint density at radius 2 is 2.28 bits per heavy atom. The zero-order valence-corrected chi connectivity index (χ0v) is 11.0. The lowest BCUT2D eigenvalue weighted by Gasteiger charge is -2.17. The molecule has 0 aliphatic carbocycles. The zero-order valence-electron chi connectivity index (χ0n) is 11.0. The maximum atomic E-state index is 10.9. The Hall–Kier alpha value is -1.39. The summed E-state index contributed by atoms with van der Waals surface area (Å²) < 4.78 is 5.09. The van der Waals surface area contributed by atoms with Gasteiger partial charge < -0.3 is 15.2 Å². The lowest BCUT2D eigenvalue weighted by atomic mass is 10.0. The van der Waals surface area contributed by atoms with Crippen molar-refractivity contribution >= 4 is 5.97 Å². The van der Waals surface area contributed by atoms with Crippen molar-refractivity contribution in [2.45, 2.75) is 32.4 Å². The first-order valence-electron chi connectivity index (χ1n) is 6.20. The van der Waals surface area contributed by atoms with Crippen molar-refractivity contribution in [3.05, 3.63) is 35.4 Å². The van der Waals surface area contributed by atoms with Crippen molar-refractivity contribution in [1.82, 2.24) is 5.32 Å². The molecule has 18 heavy (non-hydrogen) atoms. The summed E-state index contributed by atoms with van der Waals surface area (Å²) in [5.41, 5.74) is 2.06. The van der Waals surface area contributed by atoms with Crippen LogP contribution in [-0.4, -0.2) is 24.7 Å². The highest BCUT2D eigenvalue weighted by Crippen LogP contribution is 2.18. The van der Waals surface area contributed by atoms with Crippen LogP contribution in [0.5, 0.6) is 0 Å². The number of hydrogen-bond donors (Lipinski definition) is 2. The standard InChI is InChI=1S/C14H21NO3/c1-3-7-15-13(9-14(16)17)12-6-4-5-11(8-12)10-18-2/h4-6,8,13,15H,3,7,9-10H2,1-2H3,(H,16,17). The number of benzene rings is 1. The molecule has 1 unspecified atom stereocenters. The second-order valence-electron chi connectivity index (χ2n) is 4.28. The van der Waals surface area contributed by atoms with E-state index < -0.39 is 5.97 Å². The minimum Gasteiger partial charge on any atom is -0.481 e. The van der Waals surface area contributed by atoms with Crippen LogP contribution in [0.1, 0.15) is 36.9 Å². The molecule has 1 atom stereocenters. The van der Waals surface area contributed by atoms with Gasteiger partial charge in [-0.2, -0.15) is 0 Å². The molecule has 0 radical (unpaired) electrons. The highest BCUT2D eigenvalue weighted by Gasteiger charge is 2.14. The van der Waals surface area contributed by atoms with Gasteiger partial charge in [-0.05, 0) is 24.1 Å². The highest BCUT2D eigenvalue weighted by atomic mass is 16.5. The molecule has 0 amide bonds. The van der Waals surface area contributed by atoms with Crippen molar-refractivity contribution in [1.29, 1.82) is 0 Å². The summed E-state index contributed by atoms with van der Waals surface area (Å²) in [7, 11) is 1.65. The molecule has 1 aromatic rings. The number of methoxy groups -OCH3 is 1. The molecular weight excluding hydrogens is 230 g/mol. The summed E-state index contributed by atoms with van der Waals surface area (Å²) in [6, 6.07) is 7.73. The molecule has 0 spiro atoms. The molecule has 2 N–H and O–H groups in total. The van der Waals surface area contributed by atoms with Gasteiger partial charge in [0.2, 0.25) is 0 Å². The largest absolute Gasteiger partial charge is 0.481 e. The maximum Gasteiger partial charge on any atom is 0.305 e. The second-order valence-corrected chi connectivity index (χ2v) is 4.28. The zero-order chi connectivity index (χ0) is 13.4. The van der Waals surface area contributed by atoms with E-state index in [9.17, 15) is 4.79 Å². The summed E-state index contributed by atoms with van der Waals surface area (Å²) in [4.78, 5) is 10.9. The predicted octanol–water partition coefficient (Wildman–Crippen LogP) is 2.35.